The van der Waals surface area contributed by atoms with E-state index in [-0.39, 0.29) is 18.5 Å². The molecular formula is C10H29N3O8. The van der Waals surface area contributed by atoms with Gasteiger partial charge in [-0.25, -0.2) is 0 Å². The van der Waals surface area contributed by atoms with Gasteiger partial charge in [-0.15, -0.1) is 13.2 Å². The van der Waals surface area contributed by atoms with E-state index in [0.717, 1.165) is 27.7 Å². The Bertz CT molecular complexity index is 182. The van der Waals surface area contributed by atoms with E-state index in [0.29, 0.717) is 0 Å². The maximum absolute atomic E-state index is 9.00. The maximum Gasteiger partial charge on any atom is 0.300 e. The van der Waals surface area contributed by atoms with Crippen LogP contribution in [0.2, 0.25) is 0 Å². The monoisotopic (exact) mass is 319 g/mol. The Labute approximate surface area is 124 Å². The Kier molecular flexibility index (Phi) is 129. The molecule has 21 heavy (non-hydrogen) atoms. The third-order valence-corrected chi connectivity index (χ3v) is 0. The van der Waals surface area contributed by atoms with Gasteiger partial charge < -0.3 is 38.9 Å². The second-order valence-corrected chi connectivity index (χ2v) is 2.08. The van der Waals surface area contributed by atoms with E-state index in [2.05, 4.69) is 13.2 Å². The highest BCUT2D eigenvalue weighted by Gasteiger charge is 1.66. The quantitative estimate of drug-likeness (QED) is 0.315. The van der Waals surface area contributed by atoms with E-state index in [9.17, 15) is 0 Å². The normalized spacial score (nSPS) is 4.95. The van der Waals surface area contributed by atoms with Gasteiger partial charge >= 0.3 is 0 Å². The Hall–Kier alpha value is -2.50. The van der Waals surface area contributed by atoms with Gasteiger partial charge in [0.15, 0.2) is 0 Å². The van der Waals surface area contributed by atoms with Crippen molar-refractivity contribution < 1.29 is 39.6 Å². The Balaban J connectivity index is -0.0000000164. The molecule has 0 heterocycles. The second kappa shape index (κ2) is 52.8. The summed E-state index contributed by atoms with van der Waals surface area (Å²) in [4.78, 5) is 36.0. The third-order valence-electron chi connectivity index (χ3n) is 0. The molecule has 0 aliphatic carbocycles. The number of hydrogen-bond acceptors (Lipinski definition) is 7. The van der Waals surface area contributed by atoms with Crippen LogP contribution >= 0.6 is 0 Å². The Morgan fingerprint density at radius 1 is 0.524 bits per heavy atom. The molecule has 0 aromatic carbocycles. The van der Waals surface area contributed by atoms with Crippen LogP contribution in [0.3, 0.4) is 0 Å². The third kappa shape index (κ3) is 673. The standard InChI is InChI=1S/4C2H4O2.C2H4.3H3N/c4*1-2(3)4;1-2;;;/h4*1H3,(H,3,4);1-2H2;3*1H3. The van der Waals surface area contributed by atoms with Gasteiger partial charge in [0.2, 0.25) is 0 Å². The fourth-order valence-electron chi connectivity index (χ4n) is 0. The molecule has 0 spiro atoms. The van der Waals surface area contributed by atoms with Crippen LogP contribution in [0.4, 0.5) is 0 Å². The zero-order chi connectivity index (χ0) is 16.3. The molecule has 0 saturated heterocycles. The molecule has 0 atom stereocenters. The van der Waals surface area contributed by atoms with Crippen molar-refractivity contribution in [2.45, 2.75) is 27.7 Å². The van der Waals surface area contributed by atoms with Crippen LogP contribution in [0, 0.1) is 0 Å². The van der Waals surface area contributed by atoms with E-state index in [1.165, 1.54) is 0 Å². The highest BCUT2D eigenvalue weighted by atomic mass is 16.4. The minimum absolute atomic E-state index is 0. The summed E-state index contributed by atoms with van der Waals surface area (Å²) < 4.78 is 0. The first kappa shape index (κ1) is 51.4. The summed E-state index contributed by atoms with van der Waals surface area (Å²) in [7, 11) is 0. The van der Waals surface area contributed by atoms with E-state index >= 15 is 0 Å². The lowest BCUT2D eigenvalue weighted by atomic mass is 10.9. The van der Waals surface area contributed by atoms with Crippen molar-refractivity contribution in [3.05, 3.63) is 13.2 Å². The molecule has 0 unspecified atom stereocenters. The van der Waals surface area contributed by atoms with Gasteiger partial charge in [-0.3, -0.25) is 19.2 Å². The second-order valence-electron chi connectivity index (χ2n) is 2.08. The minimum Gasteiger partial charge on any atom is -0.481 e. The van der Waals surface area contributed by atoms with Gasteiger partial charge in [0.05, 0.1) is 0 Å². The molecule has 13 N–H and O–H groups in total. The predicted molar refractivity (Wildman–Crippen MR) is 79.6 cm³/mol. The summed E-state index contributed by atoms with van der Waals surface area (Å²) in [5.74, 6) is -3.33. The van der Waals surface area contributed by atoms with Gasteiger partial charge in [0.1, 0.15) is 0 Å². The van der Waals surface area contributed by atoms with E-state index in [1.807, 2.05) is 0 Å². The van der Waals surface area contributed by atoms with Gasteiger partial charge in [-0.1, -0.05) is 0 Å². The van der Waals surface area contributed by atoms with Crippen LogP contribution in [0.1, 0.15) is 27.7 Å². The number of carboxylic acids is 4. The van der Waals surface area contributed by atoms with Crippen molar-refractivity contribution in [2.75, 3.05) is 0 Å². The predicted octanol–water partition coefficient (Wildman–Crippen LogP) is 1.65. The molecule has 0 aliphatic heterocycles. The number of hydrogen-bond donors (Lipinski definition) is 7. The summed E-state index contributed by atoms with van der Waals surface area (Å²) in [6, 6.07) is 0. The fourth-order valence-corrected chi connectivity index (χ4v) is 0. The molecule has 0 saturated carbocycles. The van der Waals surface area contributed by atoms with Gasteiger partial charge in [0.25, 0.3) is 23.9 Å². The van der Waals surface area contributed by atoms with Crippen LogP contribution in [-0.4, -0.2) is 44.3 Å². The van der Waals surface area contributed by atoms with Crippen LogP contribution in [0.15, 0.2) is 13.2 Å². The van der Waals surface area contributed by atoms with Crippen molar-refractivity contribution in [3.8, 4) is 0 Å². The molecule has 0 amide bonds. The van der Waals surface area contributed by atoms with Crippen molar-refractivity contribution in [3.63, 3.8) is 0 Å². The van der Waals surface area contributed by atoms with E-state index in [1.54, 1.807) is 0 Å². The molecule has 11 heteroatoms. The van der Waals surface area contributed by atoms with Gasteiger partial charge in [0, 0.05) is 27.7 Å². The van der Waals surface area contributed by atoms with Crippen molar-refractivity contribution in [1.82, 2.24) is 18.5 Å². The zero-order valence-electron chi connectivity index (χ0n) is 13.0. The molecule has 0 rings (SSSR count). The van der Waals surface area contributed by atoms with E-state index < -0.39 is 23.9 Å². The molecule has 0 aliphatic rings. The molecule has 0 radical (unpaired) electrons. The number of rotatable bonds is 0. The van der Waals surface area contributed by atoms with Gasteiger partial charge in [-0.05, 0) is 0 Å². The molecule has 0 aromatic rings. The smallest absolute Gasteiger partial charge is 0.300 e. The van der Waals surface area contributed by atoms with Gasteiger partial charge in [-0.2, -0.15) is 0 Å². The number of carbonyl (C=O) groups is 4. The largest absolute Gasteiger partial charge is 0.481 e. The number of carboxylic acid groups (broad SMARTS) is 4. The summed E-state index contributed by atoms with van der Waals surface area (Å²) in [6.07, 6.45) is 0. The van der Waals surface area contributed by atoms with Crippen LogP contribution in [-0.2, 0) is 19.2 Å². The summed E-state index contributed by atoms with van der Waals surface area (Å²) >= 11 is 0. The van der Waals surface area contributed by atoms with E-state index in [4.69, 9.17) is 39.6 Å². The van der Waals surface area contributed by atoms with Crippen molar-refractivity contribution in [2.24, 2.45) is 0 Å². The lowest BCUT2D eigenvalue weighted by Gasteiger charge is -1.59. The molecule has 0 aromatic heterocycles. The lowest BCUT2D eigenvalue weighted by Crippen LogP contribution is -1.78. The first-order valence-corrected chi connectivity index (χ1v) is 4.21. The highest BCUT2D eigenvalue weighted by Crippen LogP contribution is 1.43. The van der Waals surface area contributed by atoms with Crippen LogP contribution < -0.4 is 18.5 Å². The van der Waals surface area contributed by atoms with Crippen molar-refractivity contribution >= 4 is 23.9 Å². The molecular weight excluding hydrogens is 290 g/mol. The highest BCUT2D eigenvalue weighted by molar-refractivity contribution is 5.63. The first-order chi connectivity index (χ1) is 7.93. The minimum atomic E-state index is -0.833. The zero-order valence-corrected chi connectivity index (χ0v) is 13.0. The SMILES string of the molecule is C=C.CC(=O)O.CC(=O)O.CC(=O)O.CC(=O)O.N.N.N. The lowest BCUT2D eigenvalue weighted by molar-refractivity contribution is -0.135. The number of aliphatic carboxylic acids is 4. The molecule has 0 fully saturated rings. The topological polar surface area (TPSA) is 254 Å². The average Bonchev–Trinajstić information content (AvgIpc) is 2.01. The first-order valence-electron chi connectivity index (χ1n) is 4.21. The molecule has 0 bridgehead atoms. The maximum atomic E-state index is 9.00. The molecule has 11 nitrogen and oxygen atoms in total. The summed E-state index contributed by atoms with van der Waals surface area (Å²) in [5, 5.41) is 29.7. The average molecular weight is 319 g/mol. The summed E-state index contributed by atoms with van der Waals surface area (Å²) in [5.41, 5.74) is 0. The van der Waals surface area contributed by atoms with Crippen molar-refractivity contribution in [1.29, 1.82) is 0 Å². The summed E-state index contributed by atoms with van der Waals surface area (Å²) in [6.45, 7) is 10.3. The fraction of sp³-hybridized carbons (Fsp3) is 0.400. The van der Waals surface area contributed by atoms with Crippen LogP contribution in [0.25, 0.3) is 0 Å². The Morgan fingerprint density at radius 2 is 0.524 bits per heavy atom. The molecule has 132 valence electrons. The Morgan fingerprint density at radius 3 is 0.524 bits per heavy atom. The van der Waals surface area contributed by atoms with Crippen LogP contribution in [0.5, 0.6) is 0 Å².